The van der Waals surface area contributed by atoms with Gasteiger partial charge < -0.3 is 9.15 Å². The molecule has 2 heterocycles. The zero-order chi connectivity index (χ0) is 18.5. The Morgan fingerprint density at radius 1 is 1.23 bits per heavy atom. The van der Waals surface area contributed by atoms with Crippen LogP contribution in [0.25, 0.3) is 0 Å². The quantitative estimate of drug-likeness (QED) is 0.514. The fourth-order valence-electron chi connectivity index (χ4n) is 2.14. The van der Waals surface area contributed by atoms with Crippen molar-refractivity contribution in [2.75, 3.05) is 0 Å². The summed E-state index contributed by atoms with van der Waals surface area (Å²) in [5.41, 5.74) is 4.68. The van der Waals surface area contributed by atoms with E-state index in [-0.39, 0.29) is 17.5 Å². The molecule has 0 unspecified atom stereocenters. The molecule has 7 heteroatoms. The first kappa shape index (κ1) is 17.9. The standard InChI is InChI=1S/C19H17FN2O3S/c1-12-3-4-14(9-13(12)2)24-11-15-5-7-17(25-15)19(23)22-21-10-16-6-8-18(20)26-16/h3-10H,11H2,1-2H3,(H,22,23). The minimum absolute atomic E-state index is 0.123. The summed E-state index contributed by atoms with van der Waals surface area (Å²) in [5.74, 6) is 0.898. The molecule has 3 rings (SSSR count). The summed E-state index contributed by atoms with van der Waals surface area (Å²) in [5, 5.41) is 3.47. The molecule has 2 aromatic heterocycles. The molecule has 0 radical (unpaired) electrons. The third-order valence-electron chi connectivity index (χ3n) is 3.70. The maximum absolute atomic E-state index is 12.9. The fraction of sp³-hybridized carbons (Fsp3) is 0.158. The van der Waals surface area contributed by atoms with Gasteiger partial charge in [0.05, 0.1) is 11.1 Å². The van der Waals surface area contributed by atoms with Crippen LogP contribution in [0, 0.1) is 19.0 Å². The van der Waals surface area contributed by atoms with Crippen molar-refractivity contribution in [3.05, 3.63) is 75.1 Å². The number of hydrazone groups is 1. The molecule has 0 aliphatic carbocycles. The molecule has 26 heavy (non-hydrogen) atoms. The summed E-state index contributed by atoms with van der Waals surface area (Å²) in [6.45, 7) is 4.27. The van der Waals surface area contributed by atoms with Crippen LogP contribution in [0.1, 0.15) is 32.3 Å². The highest BCUT2D eigenvalue weighted by Crippen LogP contribution is 2.18. The van der Waals surface area contributed by atoms with Crippen LogP contribution in [0.5, 0.6) is 5.75 Å². The van der Waals surface area contributed by atoms with Gasteiger partial charge in [0.25, 0.3) is 0 Å². The summed E-state index contributed by atoms with van der Waals surface area (Å²) in [4.78, 5) is 12.6. The lowest BCUT2D eigenvalue weighted by atomic mass is 10.1. The Morgan fingerprint density at radius 2 is 2.08 bits per heavy atom. The number of aryl methyl sites for hydroxylation is 2. The molecular formula is C19H17FN2O3S. The minimum atomic E-state index is -0.490. The van der Waals surface area contributed by atoms with E-state index in [2.05, 4.69) is 10.5 Å². The van der Waals surface area contributed by atoms with Crippen molar-refractivity contribution in [2.45, 2.75) is 20.5 Å². The number of furan rings is 1. The third-order valence-corrected chi connectivity index (χ3v) is 4.51. The molecule has 5 nitrogen and oxygen atoms in total. The van der Waals surface area contributed by atoms with Crippen LogP contribution in [-0.4, -0.2) is 12.1 Å². The van der Waals surface area contributed by atoms with E-state index in [1.54, 1.807) is 18.2 Å². The largest absolute Gasteiger partial charge is 0.486 e. The van der Waals surface area contributed by atoms with Gasteiger partial charge in [-0.2, -0.15) is 9.49 Å². The molecule has 3 aromatic rings. The van der Waals surface area contributed by atoms with Crippen molar-refractivity contribution < 1.29 is 18.3 Å². The molecule has 0 atom stereocenters. The molecule has 0 saturated heterocycles. The first-order valence-corrected chi connectivity index (χ1v) is 8.70. The lowest BCUT2D eigenvalue weighted by Gasteiger charge is -2.06. The van der Waals surface area contributed by atoms with E-state index in [0.717, 1.165) is 22.6 Å². The second-order valence-corrected chi connectivity index (χ2v) is 6.71. The van der Waals surface area contributed by atoms with Crippen LogP contribution >= 0.6 is 11.3 Å². The van der Waals surface area contributed by atoms with Crippen LogP contribution in [-0.2, 0) is 6.61 Å². The lowest BCUT2D eigenvalue weighted by Crippen LogP contribution is -2.16. The zero-order valence-corrected chi connectivity index (χ0v) is 15.1. The molecular weight excluding hydrogens is 355 g/mol. The molecule has 0 spiro atoms. The van der Waals surface area contributed by atoms with E-state index < -0.39 is 5.91 Å². The number of halogens is 1. The molecule has 134 valence electrons. The molecule has 0 fully saturated rings. The van der Waals surface area contributed by atoms with Gasteiger partial charge in [0.15, 0.2) is 10.9 Å². The number of thiophene rings is 1. The van der Waals surface area contributed by atoms with Crippen molar-refractivity contribution in [1.29, 1.82) is 0 Å². The third kappa shape index (κ3) is 4.58. The average Bonchev–Trinajstić information content (AvgIpc) is 3.25. The summed E-state index contributed by atoms with van der Waals surface area (Å²) in [7, 11) is 0. The first-order valence-electron chi connectivity index (χ1n) is 7.89. The molecule has 0 bridgehead atoms. The van der Waals surface area contributed by atoms with Gasteiger partial charge in [-0.25, -0.2) is 5.43 Å². The van der Waals surface area contributed by atoms with Gasteiger partial charge in [-0.3, -0.25) is 4.79 Å². The number of hydrogen-bond acceptors (Lipinski definition) is 5. The number of ether oxygens (including phenoxy) is 1. The highest BCUT2D eigenvalue weighted by Gasteiger charge is 2.11. The van der Waals surface area contributed by atoms with Gasteiger partial charge in [0.1, 0.15) is 18.1 Å². The van der Waals surface area contributed by atoms with Crippen molar-refractivity contribution >= 4 is 23.5 Å². The number of carbonyl (C=O) groups excluding carboxylic acids is 1. The van der Waals surface area contributed by atoms with E-state index in [0.29, 0.717) is 10.6 Å². The lowest BCUT2D eigenvalue weighted by molar-refractivity contribution is 0.0923. The Bertz CT molecular complexity index is 946. The normalized spacial score (nSPS) is 11.0. The van der Waals surface area contributed by atoms with Gasteiger partial charge in [-0.1, -0.05) is 6.07 Å². The maximum atomic E-state index is 12.9. The van der Waals surface area contributed by atoms with Crippen molar-refractivity contribution in [3.63, 3.8) is 0 Å². The van der Waals surface area contributed by atoms with E-state index in [9.17, 15) is 9.18 Å². The van der Waals surface area contributed by atoms with Crippen LogP contribution in [0.4, 0.5) is 4.39 Å². The summed E-state index contributed by atoms with van der Waals surface area (Å²) in [6.07, 6.45) is 1.37. The van der Waals surface area contributed by atoms with Crippen molar-refractivity contribution in [1.82, 2.24) is 5.43 Å². The van der Waals surface area contributed by atoms with Gasteiger partial charge in [0, 0.05) is 0 Å². The summed E-state index contributed by atoms with van der Waals surface area (Å²) in [6, 6.07) is 12.0. The van der Waals surface area contributed by atoms with Crippen molar-refractivity contribution in [2.24, 2.45) is 5.10 Å². The van der Waals surface area contributed by atoms with Crippen LogP contribution in [0.2, 0.25) is 0 Å². The SMILES string of the molecule is Cc1ccc(OCc2ccc(C(=O)NN=Cc3ccc(F)s3)o2)cc1C. The first-order chi connectivity index (χ1) is 12.5. The van der Waals surface area contributed by atoms with Gasteiger partial charge in [-0.05, 0) is 61.4 Å². The Kier molecular flexibility index (Phi) is 5.48. The van der Waals surface area contributed by atoms with E-state index >= 15 is 0 Å². The second-order valence-electron chi connectivity index (χ2n) is 5.64. The number of carbonyl (C=O) groups is 1. The summed E-state index contributed by atoms with van der Waals surface area (Å²) >= 11 is 0.938. The fourth-order valence-corrected chi connectivity index (χ4v) is 2.75. The molecule has 1 amide bonds. The van der Waals surface area contributed by atoms with E-state index in [1.807, 2.05) is 32.0 Å². The smallest absolute Gasteiger partial charge is 0.307 e. The number of rotatable bonds is 6. The van der Waals surface area contributed by atoms with Crippen LogP contribution in [0.15, 0.2) is 52.0 Å². The molecule has 1 aromatic carbocycles. The maximum Gasteiger partial charge on any atom is 0.307 e. The second kappa shape index (κ2) is 7.97. The predicted molar refractivity (Wildman–Crippen MR) is 98.3 cm³/mol. The number of hydrogen-bond donors (Lipinski definition) is 1. The number of benzene rings is 1. The number of nitrogens with one attached hydrogen (secondary N) is 1. The molecule has 1 N–H and O–H groups in total. The topological polar surface area (TPSA) is 63.8 Å². The minimum Gasteiger partial charge on any atom is -0.486 e. The molecule has 0 aliphatic rings. The Morgan fingerprint density at radius 3 is 2.81 bits per heavy atom. The van der Waals surface area contributed by atoms with E-state index in [1.165, 1.54) is 17.8 Å². The highest BCUT2D eigenvalue weighted by molar-refractivity contribution is 7.12. The molecule has 0 aliphatic heterocycles. The zero-order valence-electron chi connectivity index (χ0n) is 14.3. The highest BCUT2D eigenvalue weighted by atomic mass is 32.1. The average molecular weight is 372 g/mol. The molecule has 0 saturated carbocycles. The van der Waals surface area contributed by atoms with Crippen LogP contribution in [0.3, 0.4) is 0 Å². The Hall–Kier alpha value is -2.93. The van der Waals surface area contributed by atoms with E-state index in [4.69, 9.17) is 9.15 Å². The van der Waals surface area contributed by atoms with Gasteiger partial charge in [-0.15, -0.1) is 11.3 Å². The Labute approximate surface area is 154 Å². The monoisotopic (exact) mass is 372 g/mol. The van der Waals surface area contributed by atoms with Gasteiger partial charge in [0.2, 0.25) is 0 Å². The van der Waals surface area contributed by atoms with Crippen LogP contribution < -0.4 is 10.2 Å². The number of amides is 1. The summed E-state index contributed by atoms with van der Waals surface area (Å²) < 4.78 is 24.0. The van der Waals surface area contributed by atoms with Gasteiger partial charge >= 0.3 is 5.91 Å². The Balaban J connectivity index is 1.54. The predicted octanol–water partition coefficient (Wildman–Crippen LogP) is 4.44. The number of nitrogens with zero attached hydrogens (tertiary/aromatic N) is 1. The van der Waals surface area contributed by atoms with Crippen molar-refractivity contribution in [3.8, 4) is 5.75 Å².